The zero-order valence-electron chi connectivity index (χ0n) is 10.2. The van der Waals surface area contributed by atoms with Crippen molar-refractivity contribution in [3.8, 4) is 0 Å². The second-order valence-electron chi connectivity index (χ2n) is 3.99. The molecule has 0 fully saturated rings. The quantitative estimate of drug-likeness (QED) is 0.678. The Morgan fingerprint density at radius 3 is 2.89 bits per heavy atom. The summed E-state index contributed by atoms with van der Waals surface area (Å²) in [6.45, 7) is 3.81. The maximum atomic E-state index is 10.9. The first-order valence-electron chi connectivity index (χ1n) is 5.34. The van der Waals surface area contributed by atoms with E-state index in [9.17, 15) is 10.1 Å². The minimum atomic E-state index is -0.449. The number of aryl methyl sites for hydroxylation is 2. The fourth-order valence-corrected chi connectivity index (χ4v) is 2.35. The Morgan fingerprint density at radius 2 is 2.33 bits per heavy atom. The topological polar surface area (TPSA) is 85.9 Å². The maximum Gasteiger partial charge on any atom is 0.330 e. The van der Waals surface area contributed by atoms with E-state index in [1.165, 1.54) is 22.2 Å². The van der Waals surface area contributed by atoms with Gasteiger partial charge >= 0.3 is 5.69 Å². The maximum absolute atomic E-state index is 10.9. The molecular weight excluding hydrogens is 254 g/mol. The lowest BCUT2D eigenvalue weighted by atomic mass is 10.3. The molecule has 0 bridgehead atoms. The van der Waals surface area contributed by atoms with E-state index in [2.05, 4.69) is 15.4 Å². The number of anilines is 1. The summed E-state index contributed by atoms with van der Waals surface area (Å²) >= 11 is 1.52. The van der Waals surface area contributed by atoms with Crippen molar-refractivity contribution < 1.29 is 4.92 Å². The molecule has 0 aliphatic carbocycles. The standard InChI is InChI=1S/C10H13N5O2S/c1-6-5-18-10(11-6)7(2)12-9-8(15(16)17)4-14(3)13-9/h4-5,7H,1-3H3,(H,12,13). The molecule has 7 nitrogen and oxygen atoms in total. The first-order chi connectivity index (χ1) is 8.47. The van der Waals surface area contributed by atoms with Gasteiger partial charge in [0.15, 0.2) is 0 Å². The summed E-state index contributed by atoms with van der Waals surface area (Å²) < 4.78 is 1.42. The highest BCUT2D eigenvalue weighted by molar-refractivity contribution is 7.09. The molecule has 96 valence electrons. The molecule has 0 saturated heterocycles. The van der Waals surface area contributed by atoms with Crippen molar-refractivity contribution in [2.24, 2.45) is 7.05 Å². The van der Waals surface area contributed by atoms with Gasteiger partial charge in [0, 0.05) is 18.1 Å². The molecule has 0 aromatic carbocycles. The van der Waals surface area contributed by atoms with E-state index in [1.54, 1.807) is 7.05 Å². The lowest BCUT2D eigenvalue weighted by molar-refractivity contribution is -0.384. The summed E-state index contributed by atoms with van der Waals surface area (Å²) in [7, 11) is 1.65. The molecule has 18 heavy (non-hydrogen) atoms. The minimum Gasteiger partial charge on any atom is -0.354 e. The monoisotopic (exact) mass is 267 g/mol. The molecule has 0 amide bonds. The van der Waals surface area contributed by atoms with Crippen LogP contribution in [0.5, 0.6) is 0 Å². The summed E-state index contributed by atoms with van der Waals surface area (Å²) in [4.78, 5) is 14.7. The van der Waals surface area contributed by atoms with E-state index >= 15 is 0 Å². The highest BCUT2D eigenvalue weighted by atomic mass is 32.1. The van der Waals surface area contributed by atoms with Gasteiger partial charge in [-0.2, -0.15) is 0 Å². The number of hydrogen-bond acceptors (Lipinski definition) is 6. The van der Waals surface area contributed by atoms with Gasteiger partial charge in [0.1, 0.15) is 11.2 Å². The Hall–Kier alpha value is -1.96. The molecule has 1 atom stereocenters. The zero-order chi connectivity index (χ0) is 13.3. The Morgan fingerprint density at radius 1 is 1.61 bits per heavy atom. The molecule has 1 unspecified atom stereocenters. The molecule has 0 spiro atoms. The van der Waals surface area contributed by atoms with Crippen molar-refractivity contribution in [2.45, 2.75) is 19.9 Å². The molecule has 1 N–H and O–H groups in total. The lowest BCUT2D eigenvalue weighted by Gasteiger charge is -2.09. The third kappa shape index (κ3) is 2.48. The number of aromatic nitrogens is 3. The van der Waals surface area contributed by atoms with Crippen LogP contribution in [0.3, 0.4) is 0 Å². The number of rotatable bonds is 4. The largest absolute Gasteiger partial charge is 0.354 e. The van der Waals surface area contributed by atoms with Gasteiger partial charge in [-0.3, -0.25) is 14.8 Å². The highest BCUT2D eigenvalue weighted by Crippen LogP contribution is 2.27. The zero-order valence-corrected chi connectivity index (χ0v) is 11.1. The van der Waals surface area contributed by atoms with Crippen LogP contribution in [0.15, 0.2) is 11.6 Å². The van der Waals surface area contributed by atoms with Crippen molar-refractivity contribution >= 4 is 22.8 Å². The number of hydrogen-bond donors (Lipinski definition) is 1. The molecule has 0 radical (unpaired) electrons. The molecule has 2 heterocycles. The Labute approximate surface area is 108 Å². The number of thiazole rings is 1. The second-order valence-corrected chi connectivity index (χ2v) is 4.88. The molecule has 0 saturated carbocycles. The first-order valence-corrected chi connectivity index (χ1v) is 6.22. The van der Waals surface area contributed by atoms with E-state index in [-0.39, 0.29) is 17.5 Å². The summed E-state index contributed by atoms with van der Waals surface area (Å²) in [5.41, 5.74) is 0.914. The van der Waals surface area contributed by atoms with E-state index < -0.39 is 4.92 Å². The Bertz CT molecular complexity index is 577. The van der Waals surface area contributed by atoms with Crippen LogP contribution in [-0.4, -0.2) is 19.7 Å². The molecule has 2 aromatic heterocycles. The average Bonchev–Trinajstić information content (AvgIpc) is 2.85. The highest BCUT2D eigenvalue weighted by Gasteiger charge is 2.21. The van der Waals surface area contributed by atoms with Crippen molar-refractivity contribution in [1.82, 2.24) is 14.8 Å². The molecule has 8 heteroatoms. The lowest BCUT2D eigenvalue weighted by Crippen LogP contribution is -2.08. The summed E-state index contributed by atoms with van der Waals surface area (Å²) in [5, 5.41) is 20.7. The van der Waals surface area contributed by atoms with Crippen LogP contribution in [-0.2, 0) is 7.05 Å². The van der Waals surface area contributed by atoms with Crippen LogP contribution in [0, 0.1) is 17.0 Å². The van der Waals surface area contributed by atoms with Gasteiger partial charge in [0.05, 0.1) is 11.0 Å². The first kappa shape index (κ1) is 12.5. The van der Waals surface area contributed by atoms with Crippen LogP contribution in [0.4, 0.5) is 11.5 Å². The van der Waals surface area contributed by atoms with Gasteiger partial charge in [-0.25, -0.2) is 4.98 Å². The van der Waals surface area contributed by atoms with Crippen LogP contribution < -0.4 is 5.32 Å². The van der Waals surface area contributed by atoms with Crippen LogP contribution in [0.2, 0.25) is 0 Å². The molecule has 0 aliphatic heterocycles. The summed E-state index contributed by atoms with van der Waals surface area (Å²) in [6, 6.07) is -0.114. The molecule has 0 aliphatic rings. The molecular formula is C10H13N5O2S. The summed E-state index contributed by atoms with van der Waals surface area (Å²) in [5.74, 6) is 0.267. The number of nitrogens with one attached hydrogen (secondary N) is 1. The van der Waals surface area contributed by atoms with Gasteiger partial charge < -0.3 is 5.32 Å². The average molecular weight is 267 g/mol. The number of nitrogens with zero attached hydrogens (tertiary/aromatic N) is 4. The normalized spacial score (nSPS) is 12.4. The van der Waals surface area contributed by atoms with Crippen molar-refractivity contribution in [3.05, 3.63) is 32.4 Å². The van der Waals surface area contributed by atoms with Gasteiger partial charge in [-0.1, -0.05) is 0 Å². The third-order valence-corrected chi connectivity index (χ3v) is 3.51. The van der Waals surface area contributed by atoms with Crippen molar-refractivity contribution in [3.63, 3.8) is 0 Å². The molecule has 2 aromatic rings. The molecule has 2 rings (SSSR count). The smallest absolute Gasteiger partial charge is 0.330 e. The van der Waals surface area contributed by atoms with Gasteiger partial charge in [0.2, 0.25) is 5.82 Å². The van der Waals surface area contributed by atoms with Crippen LogP contribution in [0.1, 0.15) is 23.7 Å². The van der Waals surface area contributed by atoms with Gasteiger partial charge in [-0.15, -0.1) is 16.4 Å². The number of nitro groups is 1. The van der Waals surface area contributed by atoms with Crippen molar-refractivity contribution in [2.75, 3.05) is 5.32 Å². The Kier molecular flexibility index (Phi) is 3.28. The third-order valence-electron chi connectivity index (χ3n) is 2.37. The predicted octanol–water partition coefficient (Wildman–Crippen LogP) is 2.27. The van der Waals surface area contributed by atoms with Crippen LogP contribution in [0.25, 0.3) is 0 Å². The van der Waals surface area contributed by atoms with E-state index in [0.29, 0.717) is 0 Å². The predicted molar refractivity (Wildman–Crippen MR) is 68.8 cm³/mol. The van der Waals surface area contributed by atoms with E-state index in [0.717, 1.165) is 10.7 Å². The van der Waals surface area contributed by atoms with Crippen LogP contribution >= 0.6 is 11.3 Å². The second kappa shape index (κ2) is 4.73. The SMILES string of the molecule is Cc1csc(C(C)Nc2nn(C)cc2[N+](=O)[O-])n1. The van der Waals surface area contributed by atoms with E-state index in [4.69, 9.17) is 0 Å². The fourth-order valence-electron chi connectivity index (χ4n) is 1.55. The minimum absolute atomic E-state index is 0.0300. The van der Waals surface area contributed by atoms with Gasteiger partial charge in [0.25, 0.3) is 0 Å². The Balaban J connectivity index is 2.21. The van der Waals surface area contributed by atoms with Gasteiger partial charge in [-0.05, 0) is 13.8 Å². The fraction of sp³-hybridized carbons (Fsp3) is 0.400. The van der Waals surface area contributed by atoms with E-state index in [1.807, 2.05) is 19.2 Å². The summed E-state index contributed by atoms with van der Waals surface area (Å²) in [6.07, 6.45) is 1.38. The van der Waals surface area contributed by atoms with Crippen molar-refractivity contribution in [1.29, 1.82) is 0 Å².